The van der Waals surface area contributed by atoms with E-state index in [9.17, 15) is 8.78 Å². The lowest BCUT2D eigenvalue weighted by atomic mass is 10.2. The first kappa shape index (κ1) is 13.2. The van der Waals surface area contributed by atoms with Crippen LogP contribution < -0.4 is 10.6 Å². The van der Waals surface area contributed by atoms with Crippen LogP contribution in [-0.4, -0.2) is 6.17 Å². The zero-order valence-corrected chi connectivity index (χ0v) is 11.3. The van der Waals surface area contributed by atoms with Crippen molar-refractivity contribution in [2.75, 3.05) is 0 Å². The van der Waals surface area contributed by atoms with Gasteiger partial charge in [0.1, 0.15) is 0 Å². The van der Waals surface area contributed by atoms with E-state index in [0.29, 0.717) is 0 Å². The summed E-state index contributed by atoms with van der Waals surface area (Å²) in [4.78, 5) is 0. The van der Waals surface area contributed by atoms with Crippen LogP contribution in [0.15, 0.2) is 48.5 Å². The number of hydrogen-bond acceptors (Lipinski definition) is 0. The molecular formula is C15H15F2P. The van der Waals surface area contributed by atoms with Gasteiger partial charge < -0.3 is 0 Å². The standard InChI is InChI=1S/C15H15F2P/c1-11-3-7-13(8-4-11)18(15(16)17)14-9-5-12(2)6-10-14/h3-10,15H,1-2H3. The van der Waals surface area contributed by atoms with Crippen molar-refractivity contribution < 1.29 is 8.78 Å². The normalized spacial score (nSPS) is 11.2. The number of hydrogen-bond donors (Lipinski definition) is 0. The van der Waals surface area contributed by atoms with Gasteiger partial charge in [0.25, 0.3) is 6.17 Å². The van der Waals surface area contributed by atoms with E-state index in [0.717, 1.165) is 21.7 Å². The van der Waals surface area contributed by atoms with Gasteiger partial charge in [-0.3, -0.25) is 0 Å². The maximum atomic E-state index is 13.3. The highest BCUT2D eigenvalue weighted by atomic mass is 31.1. The minimum atomic E-state index is -2.33. The van der Waals surface area contributed by atoms with Crippen LogP contribution in [-0.2, 0) is 0 Å². The molecule has 0 nitrogen and oxygen atoms in total. The first-order chi connectivity index (χ1) is 8.58. The third kappa shape index (κ3) is 2.94. The Morgan fingerprint density at radius 3 is 1.33 bits per heavy atom. The molecule has 0 spiro atoms. The Bertz CT molecular complexity index is 458. The van der Waals surface area contributed by atoms with Crippen LogP contribution in [0.2, 0.25) is 0 Å². The quantitative estimate of drug-likeness (QED) is 0.736. The topological polar surface area (TPSA) is 0 Å². The van der Waals surface area contributed by atoms with E-state index in [1.165, 1.54) is 0 Å². The van der Waals surface area contributed by atoms with Gasteiger partial charge in [-0.2, -0.15) is 0 Å². The van der Waals surface area contributed by atoms with Gasteiger partial charge in [0.05, 0.1) is 0 Å². The van der Waals surface area contributed by atoms with Crippen LogP contribution in [0.3, 0.4) is 0 Å². The number of aryl methyl sites for hydroxylation is 2. The van der Waals surface area contributed by atoms with E-state index in [1.54, 1.807) is 0 Å². The van der Waals surface area contributed by atoms with Crippen molar-refractivity contribution in [2.24, 2.45) is 0 Å². The molecule has 0 atom stereocenters. The van der Waals surface area contributed by atoms with Crippen molar-refractivity contribution in [2.45, 2.75) is 20.0 Å². The van der Waals surface area contributed by atoms with E-state index >= 15 is 0 Å². The summed E-state index contributed by atoms with van der Waals surface area (Å²) < 4.78 is 26.6. The second-order valence-electron chi connectivity index (χ2n) is 4.32. The van der Waals surface area contributed by atoms with Gasteiger partial charge in [0.15, 0.2) is 0 Å². The first-order valence-corrected chi connectivity index (χ1v) is 7.20. The fourth-order valence-electron chi connectivity index (χ4n) is 1.79. The molecule has 18 heavy (non-hydrogen) atoms. The Labute approximate surface area is 107 Å². The molecule has 3 heteroatoms. The summed E-state index contributed by atoms with van der Waals surface area (Å²) in [7, 11) is -1.57. The van der Waals surface area contributed by atoms with Gasteiger partial charge in [0.2, 0.25) is 0 Å². The minimum Gasteiger partial charge on any atom is -0.205 e. The van der Waals surface area contributed by atoms with Crippen molar-refractivity contribution in [3.63, 3.8) is 0 Å². The average molecular weight is 264 g/mol. The fourth-order valence-corrected chi connectivity index (χ4v) is 3.47. The van der Waals surface area contributed by atoms with Gasteiger partial charge >= 0.3 is 0 Å². The minimum absolute atomic E-state index is 0.731. The maximum Gasteiger partial charge on any atom is 0.263 e. The molecule has 2 aromatic rings. The summed E-state index contributed by atoms with van der Waals surface area (Å²) in [6, 6.07) is 14.8. The van der Waals surface area contributed by atoms with Gasteiger partial charge in [-0.15, -0.1) is 0 Å². The van der Waals surface area contributed by atoms with Crippen molar-refractivity contribution in [1.82, 2.24) is 0 Å². The smallest absolute Gasteiger partial charge is 0.205 e. The highest BCUT2D eigenvalue weighted by Gasteiger charge is 2.23. The molecule has 0 saturated heterocycles. The van der Waals surface area contributed by atoms with Crippen molar-refractivity contribution in [3.05, 3.63) is 59.7 Å². The molecule has 0 aromatic heterocycles. The largest absolute Gasteiger partial charge is 0.263 e. The van der Waals surface area contributed by atoms with E-state index in [2.05, 4.69) is 0 Å². The molecule has 0 heterocycles. The van der Waals surface area contributed by atoms with Crippen LogP contribution in [0.5, 0.6) is 0 Å². The maximum absolute atomic E-state index is 13.3. The molecule has 0 aliphatic rings. The lowest BCUT2D eigenvalue weighted by Gasteiger charge is -2.17. The van der Waals surface area contributed by atoms with Gasteiger partial charge in [-0.05, 0) is 24.5 Å². The molecule has 0 amide bonds. The molecule has 0 radical (unpaired) electrons. The summed E-state index contributed by atoms with van der Waals surface area (Å²) in [6.45, 7) is 3.92. The van der Waals surface area contributed by atoms with Gasteiger partial charge in [-0.1, -0.05) is 59.7 Å². The molecule has 94 valence electrons. The second kappa shape index (κ2) is 5.58. The Morgan fingerprint density at radius 2 is 1.06 bits per heavy atom. The monoisotopic (exact) mass is 264 g/mol. The van der Waals surface area contributed by atoms with Crippen molar-refractivity contribution in [3.8, 4) is 0 Å². The van der Waals surface area contributed by atoms with Crippen LogP contribution in [0.25, 0.3) is 0 Å². The summed E-state index contributed by atoms with van der Waals surface area (Å²) in [5, 5.41) is 1.46. The van der Waals surface area contributed by atoms with Gasteiger partial charge in [0, 0.05) is 7.92 Å². The third-order valence-corrected chi connectivity index (χ3v) is 4.92. The predicted molar refractivity (Wildman–Crippen MR) is 74.6 cm³/mol. The Balaban J connectivity index is 2.39. The van der Waals surface area contributed by atoms with E-state index in [1.807, 2.05) is 62.4 Å². The third-order valence-electron chi connectivity index (χ3n) is 2.82. The summed E-state index contributed by atoms with van der Waals surface area (Å²) in [6.07, 6.45) is -2.33. The molecule has 0 saturated carbocycles. The highest BCUT2D eigenvalue weighted by Crippen LogP contribution is 2.40. The summed E-state index contributed by atoms with van der Waals surface area (Å²) in [5.74, 6) is 0. The molecule has 0 fully saturated rings. The Kier molecular flexibility index (Phi) is 4.08. The molecule has 0 unspecified atom stereocenters. The van der Waals surface area contributed by atoms with Crippen LogP contribution in [0, 0.1) is 13.8 Å². The average Bonchev–Trinajstić information content (AvgIpc) is 2.34. The van der Waals surface area contributed by atoms with Crippen LogP contribution in [0.4, 0.5) is 8.78 Å². The molecule has 0 aliphatic carbocycles. The molecule has 0 aliphatic heterocycles. The number of benzene rings is 2. The molecule has 0 bridgehead atoms. The Morgan fingerprint density at radius 1 is 0.722 bits per heavy atom. The van der Waals surface area contributed by atoms with Gasteiger partial charge in [-0.25, -0.2) is 8.78 Å². The zero-order valence-electron chi connectivity index (χ0n) is 10.4. The first-order valence-electron chi connectivity index (χ1n) is 5.78. The predicted octanol–water partition coefficient (Wildman–Crippen LogP) is 3.96. The van der Waals surface area contributed by atoms with Crippen molar-refractivity contribution in [1.29, 1.82) is 0 Å². The molecule has 2 aromatic carbocycles. The molecule has 2 rings (SSSR count). The van der Waals surface area contributed by atoms with E-state index in [4.69, 9.17) is 0 Å². The SMILES string of the molecule is Cc1ccc(P(c2ccc(C)cc2)C(F)F)cc1. The van der Waals surface area contributed by atoms with Crippen molar-refractivity contribution >= 4 is 18.5 Å². The second-order valence-corrected chi connectivity index (χ2v) is 6.48. The number of alkyl halides is 2. The zero-order chi connectivity index (χ0) is 13.1. The van der Waals surface area contributed by atoms with E-state index in [-0.39, 0.29) is 0 Å². The lowest BCUT2D eigenvalue weighted by molar-refractivity contribution is 0.247. The lowest BCUT2D eigenvalue weighted by Crippen LogP contribution is -2.16. The van der Waals surface area contributed by atoms with E-state index < -0.39 is 14.1 Å². The summed E-state index contributed by atoms with van der Waals surface area (Å²) in [5.41, 5.74) is 2.18. The Hall–Kier alpha value is -1.27. The highest BCUT2D eigenvalue weighted by molar-refractivity contribution is 7.73. The molecular weight excluding hydrogens is 249 g/mol. The molecule has 0 N–H and O–H groups in total. The van der Waals surface area contributed by atoms with Crippen LogP contribution in [0.1, 0.15) is 11.1 Å². The summed E-state index contributed by atoms with van der Waals surface area (Å²) >= 11 is 0. The fraction of sp³-hybridized carbons (Fsp3) is 0.200. The van der Waals surface area contributed by atoms with Crippen LogP contribution >= 0.6 is 7.92 Å². The number of rotatable bonds is 3. The number of halogens is 2.